The normalized spacial score (nSPS) is 41.8. The highest BCUT2D eigenvalue weighted by Gasteiger charge is 2.68. The maximum absolute atomic E-state index is 13.5. The molecular weight excluding hydrogens is 492 g/mol. The van der Waals surface area contributed by atoms with Crippen LogP contribution in [0.25, 0.3) is 0 Å². The van der Waals surface area contributed by atoms with Gasteiger partial charge >= 0.3 is 5.97 Å². The number of nitrogens with zero attached hydrogens (tertiary/aromatic N) is 1. The van der Waals surface area contributed by atoms with E-state index in [0.29, 0.717) is 18.6 Å². The molecule has 0 aromatic carbocycles. The smallest absolute Gasteiger partial charge is 0.316 e. The lowest BCUT2D eigenvalue weighted by atomic mass is 9.44. The SMILES string of the molecule is C=C[C@]1(C)C[C@@H](OC(=O)CSCc2nc3c(s2)CNC3)[C@]2(C)[C@H](C)CC[C@]3(CCC(=O)[C@H]32)[C@@H](C)[C@@H]1O. The Kier molecular flexibility index (Phi) is 6.97. The van der Waals surface area contributed by atoms with Crippen LogP contribution in [0.2, 0.25) is 0 Å². The zero-order valence-corrected chi connectivity index (χ0v) is 23.6. The van der Waals surface area contributed by atoms with Crippen LogP contribution in [0.4, 0.5) is 0 Å². The predicted octanol–water partition coefficient (Wildman–Crippen LogP) is 4.89. The first kappa shape index (κ1) is 26.4. The van der Waals surface area contributed by atoms with E-state index in [0.717, 1.165) is 43.1 Å². The van der Waals surface area contributed by atoms with Gasteiger partial charge in [-0.3, -0.25) is 9.59 Å². The lowest BCUT2D eigenvalue weighted by Gasteiger charge is -2.61. The molecule has 4 aliphatic rings. The second-order valence-corrected chi connectivity index (χ2v) is 14.3. The topological polar surface area (TPSA) is 88.5 Å². The van der Waals surface area contributed by atoms with E-state index in [2.05, 4.69) is 37.7 Å². The fourth-order valence-corrected chi connectivity index (χ4v) is 9.90. The number of thiazole rings is 1. The summed E-state index contributed by atoms with van der Waals surface area (Å²) in [7, 11) is 0. The number of rotatable bonds is 6. The first-order valence-corrected chi connectivity index (χ1v) is 15.3. The van der Waals surface area contributed by atoms with Crippen LogP contribution in [0.15, 0.2) is 12.7 Å². The maximum atomic E-state index is 13.5. The first-order valence-electron chi connectivity index (χ1n) is 13.3. The highest BCUT2D eigenvalue weighted by Crippen LogP contribution is 2.68. The Morgan fingerprint density at radius 1 is 1.33 bits per heavy atom. The number of aliphatic hydroxyl groups excluding tert-OH is 1. The summed E-state index contributed by atoms with van der Waals surface area (Å²) in [6, 6.07) is 0. The molecule has 2 N–H and O–H groups in total. The largest absolute Gasteiger partial charge is 0.461 e. The lowest BCUT2D eigenvalue weighted by molar-refractivity contribution is -0.205. The van der Waals surface area contributed by atoms with Crippen LogP contribution in [0, 0.1) is 34.0 Å². The van der Waals surface area contributed by atoms with E-state index in [9.17, 15) is 14.7 Å². The van der Waals surface area contributed by atoms with Gasteiger partial charge in [-0.2, -0.15) is 0 Å². The zero-order valence-electron chi connectivity index (χ0n) is 22.0. The van der Waals surface area contributed by atoms with Crippen molar-refractivity contribution in [3.05, 3.63) is 28.2 Å². The number of aromatic nitrogens is 1. The van der Waals surface area contributed by atoms with Crippen LogP contribution < -0.4 is 5.32 Å². The van der Waals surface area contributed by atoms with E-state index in [1.165, 1.54) is 16.6 Å². The standard InChI is InChI=1S/C28H40N2O4S2/c1-6-26(4)11-21(34-23(32)15-35-14-22-30-18-12-29-13-20(18)36-22)27(5)16(2)7-9-28(17(3)25(26)33)10-8-19(31)24(27)28/h6,16-17,21,24-25,29,33H,1,7-15H2,2-5H3/t16-,17+,21-,24+,25+,26-,27+,28+/m1/s1. The Hall–Kier alpha value is -1.22. The molecule has 3 saturated carbocycles. The summed E-state index contributed by atoms with van der Waals surface area (Å²) in [6.45, 7) is 14.3. The van der Waals surface area contributed by atoms with Crippen LogP contribution >= 0.6 is 23.1 Å². The van der Waals surface area contributed by atoms with Crippen molar-refractivity contribution in [1.29, 1.82) is 0 Å². The van der Waals surface area contributed by atoms with E-state index >= 15 is 0 Å². The molecule has 0 spiro atoms. The van der Waals surface area contributed by atoms with Gasteiger partial charge in [0.2, 0.25) is 0 Å². The van der Waals surface area contributed by atoms with Crippen LogP contribution in [0.1, 0.15) is 75.4 Å². The van der Waals surface area contributed by atoms with Gasteiger partial charge < -0.3 is 15.2 Å². The number of nitrogens with one attached hydrogen (secondary N) is 1. The van der Waals surface area contributed by atoms with Crippen molar-refractivity contribution < 1.29 is 19.4 Å². The van der Waals surface area contributed by atoms with Gasteiger partial charge in [0.15, 0.2) is 0 Å². The molecule has 0 unspecified atom stereocenters. The molecule has 198 valence electrons. The number of ether oxygens (including phenoxy) is 1. The van der Waals surface area contributed by atoms with Crippen LogP contribution in [-0.2, 0) is 33.2 Å². The van der Waals surface area contributed by atoms with E-state index in [1.54, 1.807) is 11.3 Å². The average Bonchev–Trinajstić information content (AvgIpc) is 3.54. The molecule has 6 nitrogen and oxygen atoms in total. The van der Waals surface area contributed by atoms with Crippen molar-refractivity contribution in [2.75, 3.05) is 5.75 Å². The molecule has 1 aromatic rings. The number of carbonyl (C=O) groups is 2. The third-order valence-corrected chi connectivity index (χ3v) is 12.6. The van der Waals surface area contributed by atoms with Crippen molar-refractivity contribution in [2.24, 2.45) is 34.0 Å². The van der Waals surface area contributed by atoms with Gasteiger partial charge in [-0.05, 0) is 42.9 Å². The van der Waals surface area contributed by atoms with Gasteiger partial charge in [0.25, 0.3) is 0 Å². The highest BCUT2D eigenvalue weighted by molar-refractivity contribution is 7.99. The third kappa shape index (κ3) is 4.02. The Morgan fingerprint density at radius 3 is 2.83 bits per heavy atom. The molecule has 2 heterocycles. The number of thioether (sulfide) groups is 1. The fraction of sp³-hybridized carbons (Fsp3) is 0.750. The number of fused-ring (bicyclic) bond motifs is 1. The Morgan fingerprint density at radius 2 is 2.11 bits per heavy atom. The number of carbonyl (C=O) groups excluding carboxylic acids is 2. The van der Waals surface area contributed by atoms with Crippen molar-refractivity contribution in [2.45, 2.75) is 90.8 Å². The average molecular weight is 533 g/mol. The van der Waals surface area contributed by atoms with Crippen LogP contribution in [-0.4, -0.2) is 39.8 Å². The summed E-state index contributed by atoms with van der Waals surface area (Å²) in [6.07, 6.45) is 4.52. The third-order valence-electron chi connectivity index (χ3n) is 10.4. The Bertz CT molecular complexity index is 1040. The molecule has 1 aromatic heterocycles. The summed E-state index contributed by atoms with van der Waals surface area (Å²) in [5.74, 6) is 1.00. The number of Topliss-reactive ketones (excluding diaryl/α,β-unsaturated/α-hetero) is 1. The second-order valence-electron chi connectivity index (χ2n) is 12.1. The van der Waals surface area contributed by atoms with Gasteiger partial charge in [0, 0.05) is 46.9 Å². The number of hydrogen-bond acceptors (Lipinski definition) is 8. The summed E-state index contributed by atoms with van der Waals surface area (Å²) >= 11 is 3.25. The molecule has 36 heavy (non-hydrogen) atoms. The molecule has 5 rings (SSSR count). The molecule has 1 aliphatic heterocycles. The van der Waals surface area contributed by atoms with E-state index in [1.807, 2.05) is 13.0 Å². The summed E-state index contributed by atoms with van der Waals surface area (Å²) in [5, 5.41) is 16.0. The van der Waals surface area contributed by atoms with Crippen LogP contribution in [0.3, 0.4) is 0 Å². The zero-order chi connectivity index (χ0) is 25.9. The van der Waals surface area contributed by atoms with E-state index < -0.39 is 23.0 Å². The summed E-state index contributed by atoms with van der Waals surface area (Å²) in [5.41, 5.74) is -0.182. The summed E-state index contributed by atoms with van der Waals surface area (Å²) < 4.78 is 6.32. The molecule has 2 bridgehead atoms. The lowest BCUT2D eigenvalue weighted by Crippen LogP contribution is -2.63. The van der Waals surface area contributed by atoms with Gasteiger partial charge in [0.1, 0.15) is 16.9 Å². The predicted molar refractivity (Wildman–Crippen MR) is 143 cm³/mol. The van der Waals surface area contributed by atoms with Crippen molar-refractivity contribution in [1.82, 2.24) is 10.3 Å². The Balaban J connectivity index is 1.38. The first-order chi connectivity index (χ1) is 17.0. The minimum atomic E-state index is -0.640. The van der Waals surface area contributed by atoms with Crippen molar-refractivity contribution >= 4 is 34.9 Å². The number of ketones is 1. The molecule has 0 amide bonds. The molecule has 0 saturated heterocycles. The van der Waals surface area contributed by atoms with Crippen LogP contribution in [0.5, 0.6) is 0 Å². The van der Waals surface area contributed by atoms with Gasteiger partial charge in [-0.15, -0.1) is 29.7 Å². The minimum absolute atomic E-state index is 0.0221. The fourth-order valence-electron chi connectivity index (χ4n) is 7.98. The van der Waals surface area contributed by atoms with Crippen molar-refractivity contribution in [3.8, 4) is 0 Å². The molecule has 8 heteroatoms. The maximum Gasteiger partial charge on any atom is 0.316 e. The summed E-state index contributed by atoms with van der Waals surface area (Å²) in [4.78, 5) is 32.7. The molecule has 3 aliphatic carbocycles. The van der Waals surface area contributed by atoms with E-state index in [4.69, 9.17) is 4.74 Å². The quantitative estimate of drug-likeness (QED) is 0.398. The monoisotopic (exact) mass is 532 g/mol. The molecule has 0 radical (unpaired) electrons. The number of esters is 1. The molecule has 3 fully saturated rings. The van der Waals surface area contributed by atoms with Gasteiger partial charge in [0.05, 0.1) is 17.6 Å². The molecule has 8 atom stereocenters. The number of hydrogen-bond donors (Lipinski definition) is 2. The van der Waals surface area contributed by atoms with Gasteiger partial charge in [-0.25, -0.2) is 4.98 Å². The minimum Gasteiger partial charge on any atom is -0.461 e. The number of aliphatic hydroxyl groups is 1. The second kappa shape index (κ2) is 9.51. The van der Waals surface area contributed by atoms with Gasteiger partial charge in [-0.1, -0.05) is 33.8 Å². The Labute approximate surface area is 223 Å². The highest BCUT2D eigenvalue weighted by atomic mass is 32.2. The van der Waals surface area contributed by atoms with E-state index in [-0.39, 0.29) is 40.7 Å². The van der Waals surface area contributed by atoms with Crippen molar-refractivity contribution in [3.63, 3.8) is 0 Å². The molecular formula is C28H40N2O4S2.